The van der Waals surface area contributed by atoms with E-state index in [1.165, 1.54) is 0 Å². The zero-order valence-electron chi connectivity index (χ0n) is 10.1. The van der Waals surface area contributed by atoms with Crippen molar-refractivity contribution in [2.75, 3.05) is 5.75 Å². The van der Waals surface area contributed by atoms with Crippen LogP contribution in [0.4, 0.5) is 0 Å². The van der Waals surface area contributed by atoms with Crippen molar-refractivity contribution in [2.24, 2.45) is 0 Å². The van der Waals surface area contributed by atoms with Gasteiger partial charge in [0.2, 0.25) is 5.82 Å². The molecule has 0 saturated heterocycles. The minimum absolute atomic E-state index is 0.0325. The van der Waals surface area contributed by atoms with Crippen molar-refractivity contribution in [1.29, 1.82) is 0 Å². The highest BCUT2D eigenvalue weighted by atomic mass is 32.2. The highest BCUT2D eigenvalue weighted by molar-refractivity contribution is 7.99. The molecule has 0 unspecified atom stereocenters. The molecule has 0 radical (unpaired) electrons. The molecule has 0 aliphatic heterocycles. The molecule has 18 heavy (non-hydrogen) atoms. The van der Waals surface area contributed by atoms with Crippen LogP contribution in [-0.2, 0) is 11.3 Å². The van der Waals surface area contributed by atoms with E-state index in [9.17, 15) is 4.79 Å². The molecule has 2 rings (SSSR count). The van der Waals surface area contributed by atoms with Crippen LogP contribution in [0.5, 0.6) is 0 Å². The fraction of sp³-hybridized carbons (Fsp3) is 0.364. The van der Waals surface area contributed by atoms with Gasteiger partial charge in [-0.2, -0.15) is 0 Å². The molecule has 2 aromatic rings. The number of furan rings is 1. The fourth-order valence-electron chi connectivity index (χ4n) is 1.58. The molecule has 1 N–H and O–H groups in total. The number of thioether (sulfide) groups is 1. The van der Waals surface area contributed by atoms with Crippen LogP contribution in [0, 0.1) is 6.92 Å². The lowest BCUT2D eigenvalue weighted by molar-refractivity contribution is -0.133. The van der Waals surface area contributed by atoms with Gasteiger partial charge in [0, 0.05) is 6.54 Å². The monoisotopic (exact) mass is 267 g/mol. The van der Waals surface area contributed by atoms with Crippen molar-refractivity contribution in [3.63, 3.8) is 0 Å². The third-order valence-electron chi connectivity index (χ3n) is 2.42. The average molecular weight is 267 g/mol. The molecule has 0 fully saturated rings. The second-order valence-electron chi connectivity index (χ2n) is 3.67. The number of nitrogens with zero attached hydrogens (tertiary/aromatic N) is 3. The van der Waals surface area contributed by atoms with Crippen molar-refractivity contribution < 1.29 is 14.3 Å². The third kappa shape index (κ3) is 2.40. The Morgan fingerprint density at radius 2 is 2.33 bits per heavy atom. The molecule has 0 spiro atoms. The van der Waals surface area contributed by atoms with Gasteiger partial charge in [0.15, 0.2) is 10.9 Å². The summed E-state index contributed by atoms with van der Waals surface area (Å²) >= 11 is 1.15. The second-order valence-corrected chi connectivity index (χ2v) is 4.61. The Bertz CT molecular complexity index is 562. The van der Waals surface area contributed by atoms with Gasteiger partial charge in [-0.1, -0.05) is 11.8 Å². The minimum Gasteiger partial charge on any atom is -0.481 e. The summed E-state index contributed by atoms with van der Waals surface area (Å²) < 4.78 is 7.23. The van der Waals surface area contributed by atoms with Crippen LogP contribution in [0.25, 0.3) is 11.6 Å². The third-order valence-corrected chi connectivity index (χ3v) is 3.37. The minimum atomic E-state index is -0.874. The molecule has 0 aliphatic carbocycles. The number of aromatic nitrogens is 3. The Hall–Kier alpha value is -1.76. The molecule has 0 saturated carbocycles. The largest absolute Gasteiger partial charge is 0.481 e. The van der Waals surface area contributed by atoms with E-state index in [2.05, 4.69) is 10.2 Å². The molecular weight excluding hydrogens is 254 g/mol. The number of aliphatic carboxylic acids is 1. The lowest BCUT2D eigenvalue weighted by Crippen LogP contribution is -2.03. The van der Waals surface area contributed by atoms with Gasteiger partial charge >= 0.3 is 5.97 Å². The Kier molecular flexibility index (Phi) is 3.71. The summed E-state index contributed by atoms with van der Waals surface area (Å²) in [6.45, 7) is 4.54. The molecule has 2 aromatic heterocycles. The highest BCUT2D eigenvalue weighted by Gasteiger charge is 2.17. The summed E-state index contributed by atoms with van der Waals surface area (Å²) in [5.41, 5.74) is 0.979. The van der Waals surface area contributed by atoms with Crippen LogP contribution in [0.3, 0.4) is 0 Å². The van der Waals surface area contributed by atoms with E-state index in [4.69, 9.17) is 9.52 Å². The van der Waals surface area contributed by atoms with Crippen molar-refractivity contribution in [3.05, 3.63) is 17.9 Å². The molecule has 0 aromatic carbocycles. The molecule has 7 heteroatoms. The van der Waals surface area contributed by atoms with Gasteiger partial charge in [-0.05, 0) is 25.5 Å². The number of hydrogen-bond donors (Lipinski definition) is 1. The normalized spacial score (nSPS) is 10.8. The molecule has 0 atom stereocenters. The first kappa shape index (κ1) is 12.7. The van der Waals surface area contributed by atoms with Gasteiger partial charge in [0.1, 0.15) is 0 Å². The lowest BCUT2D eigenvalue weighted by atomic mass is 10.3. The molecule has 0 amide bonds. The molecule has 0 bridgehead atoms. The maximum Gasteiger partial charge on any atom is 0.313 e. The molecule has 6 nitrogen and oxygen atoms in total. The predicted octanol–water partition coefficient (Wildman–Crippen LogP) is 2.04. The van der Waals surface area contributed by atoms with E-state index in [1.54, 1.807) is 6.26 Å². The van der Waals surface area contributed by atoms with E-state index in [1.807, 2.05) is 24.5 Å². The summed E-state index contributed by atoms with van der Waals surface area (Å²) in [6, 6.07) is 1.86. The zero-order chi connectivity index (χ0) is 13.1. The standard InChI is InChI=1S/C11H13N3O3S/c1-3-14-10(9-7(2)4-5-17-9)12-13-11(14)18-6-8(15)16/h4-5H,3,6H2,1-2H3,(H,15,16). The summed E-state index contributed by atoms with van der Waals surface area (Å²) in [5.74, 6) is 0.399. The van der Waals surface area contributed by atoms with Crippen LogP contribution in [0.15, 0.2) is 21.9 Å². The lowest BCUT2D eigenvalue weighted by Gasteiger charge is -2.05. The van der Waals surface area contributed by atoms with Gasteiger partial charge in [0.05, 0.1) is 12.0 Å². The van der Waals surface area contributed by atoms with Gasteiger partial charge in [-0.25, -0.2) is 0 Å². The van der Waals surface area contributed by atoms with Crippen molar-refractivity contribution in [1.82, 2.24) is 14.8 Å². The van der Waals surface area contributed by atoms with Gasteiger partial charge in [-0.15, -0.1) is 10.2 Å². The summed E-state index contributed by atoms with van der Waals surface area (Å²) in [4.78, 5) is 10.6. The van der Waals surface area contributed by atoms with E-state index in [-0.39, 0.29) is 5.75 Å². The summed E-state index contributed by atoms with van der Waals surface area (Å²) in [7, 11) is 0. The smallest absolute Gasteiger partial charge is 0.313 e. The number of rotatable bonds is 5. The number of carboxylic acids is 1. The topological polar surface area (TPSA) is 81.2 Å². The molecule has 96 valence electrons. The predicted molar refractivity (Wildman–Crippen MR) is 66.5 cm³/mol. The van der Waals surface area contributed by atoms with Crippen LogP contribution in [-0.4, -0.2) is 31.6 Å². The first-order valence-electron chi connectivity index (χ1n) is 5.45. The zero-order valence-corrected chi connectivity index (χ0v) is 10.9. The van der Waals surface area contributed by atoms with Crippen LogP contribution in [0.1, 0.15) is 12.5 Å². The molecule has 0 aliphatic rings. The quantitative estimate of drug-likeness (QED) is 0.835. The van der Waals surface area contributed by atoms with Crippen molar-refractivity contribution in [3.8, 4) is 11.6 Å². The maximum atomic E-state index is 10.6. The Morgan fingerprint density at radius 1 is 1.56 bits per heavy atom. The number of carbonyl (C=O) groups is 1. The SMILES string of the molecule is CCn1c(SCC(=O)O)nnc1-c1occc1C. The fourth-order valence-corrected chi connectivity index (χ4v) is 2.30. The number of aryl methyl sites for hydroxylation is 1. The number of hydrogen-bond acceptors (Lipinski definition) is 5. The van der Waals surface area contributed by atoms with E-state index >= 15 is 0 Å². The Morgan fingerprint density at radius 3 is 2.89 bits per heavy atom. The van der Waals surface area contributed by atoms with Gasteiger partial charge in [0.25, 0.3) is 0 Å². The van der Waals surface area contributed by atoms with Gasteiger partial charge in [-0.3, -0.25) is 9.36 Å². The van der Waals surface area contributed by atoms with E-state index in [0.29, 0.717) is 23.3 Å². The van der Waals surface area contributed by atoms with Crippen LogP contribution in [0.2, 0.25) is 0 Å². The van der Waals surface area contributed by atoms with Gasteiger partial charge < -0.3 is 9.52 Å². The van der Waals surface area contributed by atoms with Crippen LogP contribution < -0.4 is 0 Å². The first-order chi connectivity index (χ1) is 8.63. The summed E-state index contributed by atoms with van der Waals surface area (Å²) in [5, 5.41) is 17.3. The van der Waals surface area contributed by atoms with E-state index < -0.39 is 5.97 Å². The second kappa shape index (κ2) is 5.26. The van der Waals surface area contributed by atoms with Crippen molar-refractivity contribution >= 4 is 17.7 Å². The average Bonchev–Trinajstić information content (AvgIpc) is 2.91. The van der Waals surface area contributed by atoms with Crippen molar-refractivity contribution in [2.45, 2.75) is 25.5 Å². The number of carboxylic acid groups (broad SMARTS) is 1. The highest BCUT2D eigenvalue weighted by Crippen LogP contribution is 2.26. The molecular formula is C11H13N3O3S. The Labute approximate surface area is 108 Å². The first-order valence-corrected chi connectivity index (χ1v) is 6.44. The maximum absolute atomic E-state index is 10.6. The van der Waals surface area contributed by atoms with Crippen LogP contribution >= 0.6 is 11.8 Å². The molecule has 2 heterocycles. The summed E-state index contributed by atoms with van der Waals surface area (Å²) in [6.07, 6.45) is 1.60. The Balaban J connectivity index is 2.33. The van der Waals surface area contributed by atoms with E-state index in [0.717, 1.165) is 17.3 Å².